The third-order valence-corrected chi connectivity index (χ3v) is 8.55. The lowest BCUT2D eigenvalue weighted by Crippen LogP contribution is -2.17. The van der Waals surface area contributed by atoms with E-state index in [1.54, 1.807) is 0 Å². The second kappa shape index (κ2) is 11.1. The molecule has 2 aromatic carbocycles. The Morgan fingerprint density at radius 3 is 1.66 bits per heavy atom. The molecule has 0 bridgehead atoms. The molecule has 0 aromatic heterocycles. The summed E-state index contributed by atoms with van der Waals surface area (Å²) < 4.78 is 27.6. The summed E-state index contributed by atoms with van der Waals surface area (Å²) in [5.41, 5.74) is 2.71. The van der Waals surface area contributed by atoms with Gasteiger partial charge < -0.3 is 0 Å². The summed E-state index contributed by atoms with van der Waals surface area (Å²) in [6.45, 7) is 2.32. The molecule has 0 nitrogen and oxygen atoms in total. The lowest BCUT2D eigenvalue weighted by Gasteiger charge is -2.32. The Morgan fingerprint density at radius 2 is 1.16 bits per heavy atom. The average Bonchev–Trinajstić information content (AvgIpc) is 2.82. The molecule has 32 heavy (non-hydrogen) atoms. The van der Waals surface area contributed by atoms with Crippen molar-refractivity contribution in [3.05, 3.63) is 58.6 Å². The first-order valence-corrected chi connectivity index (χ1v) is 13.2. The van der Waals surface area contributed by atoms with E-state index in [2.05, 4.69) is 19.1 Å². The predicted molar refractivity (Wildman–Crippen MR) is 131 cm³/mol. The van der Waals surface area contributed by atoms with Crippen LogP contribution in [0.3, 0.4) is 0 Å². The Labute approximate surface area is 197 Å². The fourth-order valence-electron chi connectivity index (χ4n) is 6.14. The molecule has 2 fully saturated rings. The van der Waals surface area contributed by atoms with E-state index in [0.717, 1.165) is 23.3 Å². The van der Waals surface area contributed by atoms with Gasteiger partial charge in [0, 0.05) is 0 Å². The summed E-state index contributed by atoms with van der Waals surface area (Å²) in [5.74, 6) is 2.09. The second-order valence-electron chi connectivity index (χ2n) is 10.3. The summed E-state index contributed by atoms with van der Waals surface area (Å²) in [5, 5.41) is -0.439. The van der Waals surface area contributed by atoms with Gasteiger partial charge in [0.2, 0.25) is 0 Å². The minimum absolute atomic E-state index is 0.439. The van der Waals surface area contributed by atoms with Crippen molar-refractivity contribution in [2.45, 2.75) is 89.9 Å². The second-order valence-corrected chi connectivity index (χ2v) is 10.7. The highest BCUT2D eigenvalue weighted by Crippen LogP contribution is 2.40. The molecule has 0 heterocycles. The average molecular weight is 459 g/mol. The summed E-state index contributed by atoms with van der Waals surface area (Å²) in [6, 6.07) is 10.9. The Kier molecular flexibility index (Phi) is 8.27. The van der Waals surface area contributed by atoms with Crippen molar-refractivity contribution in [1.82, 2.24) is 0 Å². The highest BCUT2D eigenvalue weighted by atomic mass is 35.5. The monoisotopic (exact) mass is 458 g/mol. The van der Waals surface area contributed by atoms with Crippen LogP contribution in [-0.4, -0.2) is 0 Å². The van der Waals surface area contributed by atoms with Crippen LogP contribution < -0.4 is 0 Å². The molecule has 0 radical (unpaired) electrons. The smallest absolute Gasteiger partial charge is 0.145 e. The van der Waals surface area contributed by atoms with E-state index < -0.39 is 16.7 Å². The topological polar surface area (TPSA) is 0 Å². The van der Waals surface area contributed by atoms with Crippen molar-refractivity contribution in [3.8, 4) is 11.1 Å². The lowest BCUT2D eigenvalue weighted by molar-refractivity contribution is 0.224. The molecule has 174 valence electrons. The van der Waals surface area contributed by atoms with Gasteiger partial charge in [0.1, 0.15) is 16.7 Å². The van der Waals surface area contributed by atoms with E-state index in [1.165, 1.54) is 94.7 Å². The fourth-order valence-corrected chi connectivity index (χ4v) is 6.25. The molecule has 0 spiro atoms. The molecule has 2 saturated carbocycles. The molecule has 0 amide bonds. The first-order valence-electron chi connectivity index (χ1n) is 12.8. The van der Waals surface area contributed by atoms with Crippen molar-refractivity contribution in [2.75, 3.05) is 0 Å². The minimum atomic E-state index is -0.710. The number of rotatable bonds is 7. The van der Waals surface area contributed by atoms with Crippen LogP contribution in [0.2, 0.25) is 5.02 Å². The maximum atomic E-state index is 13.8. The van der Waals surface area contributed by atoms with Crippen molar-refractivity contribution in [3.63, 3.8) is 0 Å². The third-order valence-electron chi connectivity index (χ3n) is 8.19. The fraction of sp³-hybridized carbons (Fsp3) is 0.586. The van der Waals surface area contributed by atoms with Crippen molar-refractivity contribution < 1.29 is 8.78 Å². The highest BCUT2D eigenvalue weighted by Gasteiger charge is 2.25. The van der Waals surface area contributed by atoms with Crippen LogP contribution in [0.15, 0.2) is 36.4 Å². The van der Waals surface area contributed by atoms with Gasteiger partial charge in [-0.2, -0.15) is 0 Å². The Bertz CT molecular complexity index is 836. The minimum Gasteiger partial charge on any atom is -0.205 e. The van der Waals surface area contributed by atoms with Crippen LogP contribution in [0.5, 0.6) is 0 Å². The van der Waals surface area contributed by atoms with E-state index in [-0.39, 0.29) is 0 Å². The first kappa shape index (κ1) is 23.7. The molecule has 2 aliphatic rings. The van der Waals surface area contributed by atoms with E-state index in [9.17, 15) is 8.78 Å². The van der Waals surface area contributed by atoms with Crippen molar-refractivity contribution in [1.29, 1.82) is 0 Å². The zero-order chi connectivity index (χ0) is 22.5. The van der Waals surface area contributed by atoms with Gasteiger partial charge in [0.15, 0.2) is 0 Å². The van der Waals surface area contributed by atoms with E-state index in [1.807, 2.05) is 12.1 Å². The van der Waals surface area contributed by atoms with Gasteiger partial charge in [-0.05, 0) is 78.2 Å². The van der Waals surface area contributed by atoms with Gasteiger partial charge in [-0.15, -0.1) is 0 Å². The molecular formula is C29H37ClF2. The Hall–Kier alpha value is -1.41. The quantitative estimate of drug-likeness (QED) is 0.362. The normalized spacial score (nSPS) is 26.2. The van der Waals surface area contributed by atoms with Crippen LogP contribution in [0.25, 0.3) is 11.1 Å². The van der Waals surface area contributed by atoms with Gasteiger partial charge in [-0.3, -0.25) is 0 Å². The molecule has 2 aliphatic carbocycles. The van der Waals surface area contributed by atoms with Crippen LogP contribution in [0.4, 0.5) is 8.78 Å². The number of benzene rings is 2. The van der Waals surface area contributed by atoms with Gasteiger partial charge in [-0.1, -0.05) is 94.2 Å². The van der Waals surface area contributed by atoms with Gasteiger partial charge in [0.05, 0.1) is 0 Å². The zero-order valence-electron chi connectivity index (χ0n) is 19.4. The van der Waals surface area contributed by atoms with E-state index in [0.29, 0.717) is 11.5 Å². The highest BCUT2D eigenvalue weighted by molar-refractivity contribution is 6.31. The standard InChI is InChI=1S/C29H37ClF2/c1-2-3-20-4-6-21(7-5-20)8-9-22-10-12-23(13-11-22)24-14-16-25(17-15-24)26-18-27(31)29(30)28(32)19-26/h14-23H,2-13H2,1H3/t20-,21-,22?,23?. The van der Waals surface area contributed by atoms with E-state index in [4.69, 9.17) is 11.6 Å². The van der Waals surface area contributed by atoms with Crippen LogP contribution in [0.1, 0.15) is 95.5 Å². The number of hydrogen-bond acceptors (Lipinski definition) is 0. The molecule has 0 unspecified atom stereocenters. The first-order chi connectivity index (χ1) is 15.5. The van der Waals surface area contributed by atoms with Crippen LogP contribution >= 0.6 is 11.6 Å². The molecule has 2 aromatic rings. The molecular weight excluding hydrogens is 422 g/mol. The maximum absolute atomic E-state index is 13.8. The SMILES string of the molecule is CCC[C@H]1CC[C@H](CCC2CCC(c3ccc(-c4cc(F)c(Cl)c(F)c4)cc3)CC2)CC1. The Balaban J connectivity index is 1.24. The number of halogens is 3. The van der Waals surface area contributed by atoms with Gasteiger partial charge in [0.25, 0.3) is 0 Å². The maximum Gasteiger partial charge on any atom is 0.145 e. The molecule has 4 rings (SSSR count). The van der Waals surface area contributed by atoms with Crippen LogP contribution in [-0.2, 0) is 0 Å². The zero-order valence-corrected chi connectivity index (χ0v) is 20.1. The summed E-state index contributed by atoms with van der Waals surface area (Å²) in [4.78, 5) is 0. The number of hydrogen-bond donors (Lipinski definition) is 0. The summed E-state index contributed by atoms with van der Waals surface area (Å²) in [6.07, 6.45) is 16.7. The Morgan fingerprint density at radius 1 is 0.688 bits per heavy atom. The van der Waals surface area contributed by atoms with Gasteiger partial charge in [-0.25, -0.2) is 8.78 Å². The molecule has 3 heteroatoms. The van der Waals surface area contributed by atoms with E-state index >= 15 is 0 Å². The largest absolute Gasteiger partial charge is 0.205 e. The van der Waals surface area contributed by atoms with Gasteiger partial charge >= 0.3 is 0 Å². The predicted octanol–water partition coefficient (Wildman–Crippen LogP) is 9.95. The third kappa shape index (κ3) is 5.93. The molecule has 0 saturated heterocycles. The molecule has 0 aliphatic heterocycles. The van der Waals surface area contributed by atoms with Crippen molar-refractivity contribution in [2.24, 2.45) is 17.8 Å². The van der Waals surface area contributed by atoms with Crippen LogP contribution in [0, 0.1) is 29.4 Å². The molecule has 0 N–H and O–H groups in total. The lowest BCUT2D eigenvalue weighted by atomic mass is 9.74. The molecule has 0 atom stereocenters. The van der Waals surface area contributed by atoms with Crippen molar-refractivity contribution >= 4 is 11.6 Å². The summed E-state index contributed by atoms with van der Waals surface area (Å²) >= 11 is 5.61. The summed E-state index contributed by atoms with van der Waals surface area (Å²) in [7, 11) is 0.